The molecule has 0 saturated heterocycles. The summed E-state index contributed by atoms with van der Waals surface area (Å²) in [6.45, 7) is 3.23. The highest BCUT2D eigenvalue weighted by atomic mass is 19.1. The Hall–Kier alpha value is -1.42. The van der Waals surface area contributed by atoms with Crippen LogP contribution in [0, 0.1) is 5.82 Å². The molecule has 0 bridgehead atoms. The van der Waals surface area contributed by atoms with E-state index in [1.54, 1.807) is 13.0 Å². The molecule has 1 aromatic rings. The molecule has 1 atom stereocenters. The first-order valence-corrected chi connectivity index (χ1v) is 5.10. The molecule has 0 aromatic heterocycles. The zero-order valence-electron chi connectivity index (χ0n) is 9.37. The maximum absolute atomic E-state index is 12.9. The molecule has 0 fully saturated rings. The van der Waals surface area contributed by atoms with E-state index in [4.69, 9.17) is 4.74 Å². The van der Waals surface area contributed by atoms with Crippen LogP contribution in [0.15, 0.2) is 24.3 Å². The lowest BCUT2D eigenvalue weighted by atomic mass is 9.97. The normalized spacial score (nSPS) is 14.2. The Morgan fingerprint density at radius 3 is 2.81 bits per heavy atom. The fraction of sp³-hybridized carbons (Fsp3) is 0.417. The Labute approximate surface area is 93.9 Å². The Balaban J connectivity index is 2.75. The van der Waals surface area contributed by atoms with E-state index in [-0.39, 0.29) is 13.0 Å². The zero-order chi connectivity index (χ0) is 12.2. The molecule has 0 aliphatic heterocycles. The fourth-order valence-electron chi connectivity index (χ4n) is 1.40. The number of halogens is 1. The van der Waals surface area contributed by atoms with Gasteiger partial charge in [-0.3, -0.25) is 0 Å². The van der Waals surface area contributed by atoms with Crippen LogP contribution in [0.4, 0.5) is 4.39 Å². The SMILES string of the molecule is CCOC(=O)C(C)(O)Cc1cccc(F)c1. The summed E-state index contributed by atoms with van der Waals surface area (Å²) in [5.41, 5.74) is -1.07. The van der Waals surface area contributed by atoms with Crippen molar-refractivity contribution >= 4 is 5.97 Å². The Kier molecular flexibility index (Phi) is 4.01. The van der Waals surface area contributed by atoms with E-state index in [1.807, 2.05) is 0 Å². The van der Waals surface area contributed by atoms with Crippen LogP contribution in [0.3, 0.4) is 0 Å². The molecule has 1 unspecified atom stereocenters. The van der Waals surface area contributed by atoms with Gasteiger partial charge in [0.25, 0.3) is 0 Å². The predicted molar refractivity (Wildman–Crippen MR) is 57.4 cm³/mol. The molecule has 1 rings (SSSR count). The number of carbonyl (C=O) groups is 1. The molecule has 0 aliphatic carbocycles. The van der Waals surface area contributed by atoms with Crippen molar-refractivity contribution in [1.29, 1.82) is 0 Å². The van der Waals surface area contributed by atoms with Gasteiger partial charge in [-0.2, -0.15) is 0 Å². The zero-order valence-corrected chi connectivity index (χ0v) is 9.37. The van der Waals surface area contributed by atoms with Gasteiger partial charge in [0.2, 0.25) is 0 Å². The average Bonchev–Trinajstić information content (AvgIpc) is 2.17. The number of aliphatic hydroxyl groups is 1. The summed E-state index contributed by atoms with van der Waals surface area (Å²) in [5, 5.41) is 9.86. The van der Waals surface area contributed by atoms with Crippen LogP contribution in [0.2, 0.25) is 0 Å². The minimum Gasteiger partial charge on any atom is -0.464 e. The van der Waals surface area contributed by atoms with Gasteiger partial charge in [0, 0.05) is 6.42 Å². The van der Waals surface area contributed by atoms with Crippen LogP contribution in [0.1, 0.15) is 19.4 Å². The molecule has 1 N–H and O–H groups in total. The molecule has 0 amide bonds. The predicted octanol–water partition coefficient (Wildman–Crippen LogP) is 1.68. The first-order valence-electron chi connectivity index (χ1n) is 5.10. The molecule has 88 valence electrons. The second kappa shape index (κ2) is 5.07. The van der Waals surface area contributed by atoms with Crippen molar-refractivity contribution in [2.45, 2.75) is 25.9 Å². The number of esters is 1. The monoisotopic (exact) mass is 226 g/mol. The van der Waals surface area contributed by atoms with Crippen molar-refractivity contribution in [2.75, 3.05) is 6.61 Å². The van der Waals surface area contributed by atoms with Gasteiger partial charge in [0.05, 0.1) is 6.61 Å². The average molecular weight is 226 g/mol. The highest BCUT2D eigenvalue weighted by Gasteiger charge is 2.32. The van der Waals surface area contributed by atoms with Gasteiger partial charge in [0.15, 0.2) is 5.60 Å². The van der Waals surface area contributed by atoms with Crippen LogP contribution in [0.5, 0.6) is 0 Å². The third-order valence-electron chi connectivity index (χ3n) is 2.15. The summed E-state index contributed by atoms with van der Waals surface area (Å²) in [6, 6.07) is 5.78. The van der Waals surface area contributed by atoms with Crippen molar-refractivity contribution < 1.29 is 19.0 Å². The quantitative estimate of drug-likeness (QED) is 0.794. The Morgan fingerprint density at radius 2 is 2.25 bits per heavy atom. The van der Waals surface area contributed by atoms with Gasteiger partial charge in [-0.25, -0.2) is 9.18 Å². The van der Waals surface area contributed by atoms with E-state index >= 15 is 0 Å². The van der Waals surface area contributed by atoms with E-state index in [1.165, 1.54) is 25.1 Å². The molecule has 0 aliphatic rings. The van der Waals surface area contributed by atoms with Gasteiger partial charge >= 0.3 is 5.97 Å². The summed E-state index contributed by atoms with van der Waals surface area (Å²) in [7, 11) is 0. The second-order valence-corrected chi connectivity index (χ2v) is 3.80. The molecule has 0 spiro atoms. The van der Waals surface area contributed by atoms with Crippen molar-refractivity contribution in [3.63, 3.8) is 0 Å². The van der Waals surface area contributed by atoms with Crippen molar-refractivity contribution in [3.05, 3.63) is 35.6 Å². The summed E-state index contributed by atoms with van der Waals surface area (Å²) in [4.78, 5) is 11.4. The summed E-state index contributed by atoms with van der Waals surface area (Å²) in [5.74, 6) is -1.09. The number of hydrogen-bond donors (Lipinski definition) is 1. The van der Waals surface area contributed by atoms with Crippen LogP contribution < -0.4 is 0 Å². The maximum atomic E-state index is 12.9. The number of carbonyl (C=O) groups excluding carboxylic acids is 1. The lowest BCUT2D eigenvalue weighted by molar-refractivity contribution is -0.163. The van der Waals surface area contributed by atoms with E-state index in [0.29, 0.717) is 5.56 Å². The maximum Gasteiger partial charge on any atom is 0.338 e. The summed E-state index contributed by atoms with van der Waals surface area (Å²) in [6.07, 6.45) is 0.0313. The van der Waals surface area contributed by atoms with Gasteiger partial charge in [-0.15, -0.1) is 0 Å². The minimum absolute atomic E-state index is 0.0313. The fourth-order valence-corrected chi connectivity index (χ4v) is 1.40. The largest absolute Gasteiger partial charge is 0.464 e. The number of rotatable bonds is 4. The molecule has 0 heterocycles. The highest BCUT2D eigenvalue weighted by Crippen LogP contribution is 2.15. The second-order valence-electron chi connectivity index (χ2n) is 3.80. The van der Waals surface area contributed by atoms with E-state index in [9.17, 15) is 14.3 Å². The molecule has 1 aromatic carbocycles. The molecular weight excluding hydrogens is 211 g/mol. The molecule has 0 saturated carbocycles. The van der Waals surface area contributed by atoms with Gasteiger partial charge < -0.3 is 9.84 Å². The van der Waals surface area contributed by atoms with Gasteiger partial charge in [-0.05, 0) is 31.5 Å². The lowest BCUT2D eigenvalue weighted by Gasteiger charge is -2.20. The topological polar surface area (TPSA) is 46.5 Å². The van der Waals surface area contributed by atoms with Gasteiger partial charge in [-0.1, -0.05) is 12.1 Å². The first-order chi connectivity index (χ1) is 7.45. The van der Waals surface area contributed by atoms with Crippen molar-refractivity contribution in [1.82, 2.24) is 0 Å². The molecule has 4 heteroatoms. The number of benzene rings is 1. The van der Waals surface area contributed by atoms with Crippen LogP contribution in [-0.2, 0) is 16.0 Å². The Morgan fingerprint density at radius 1 is 1.56 bits per heavy atom. The Bertz CT molecular complexity index is 374. The smallest absolute Gasteiger partial charge is 0.338 e. The third-order valence-corrected chi connectivity index (χ3v) is 2.15. The number of hydrogen-bond acceptors (Lipinski definition) is 3. The molecule has 0 radical (unpaired) electrons. The first kappa shape index (κ1) is 12.6. The lowest BCUT2D eigenvalue weighted by Crippen LogP contribution is -2.39. The molecule has 3 nitrogen and oxygen atoms in total. The van der Waals surface area contributed by atoms with Gasteiger partial charge in [0.1, 0.15) is 5.82 Å². The van der Waals surface area contributed by atoms with E-state index in [2.05, 4.69) is 0 Å². The minimum atomic E-state index is -1.62. The summed E-state index contributed by atoms with van der Waals surface area (Å²) >= 11 is 0. The third kappa shape index (κ3) is 3.31. The standard InChI is InChI=1S/C12H15FO3/c1-3-16-11(14)12(2,15)8-9-5-4-6-10(13)7-9/h4-7,15H,3,8H2,1-2H3. The van der Waals surface area contributed by atoms with Crippen LogP contribution in [0.25, 0.3) is 0 Å². The van der Waals surface area contributed by atoms with E-state index < -0.39 is 17.4 Å². The number of ether oxygens (including phenoxy) is 1. The molecule has 16 heavy (non-hydrogen) atoms. The van der Waals surface area contributed by atoms with Crippen molar-refractivity contribution in [2.24, 2.45) is 0 Å². The summed E-state index contributed by atoms with van der Waals surface area (Å²) < 4.78 is 17.6. The highest BCUT2D eigenvalue weighted by molar-refractivity contribution is 5.79. The van der Waals surface area contributed by atoms with E-state index in [0.717, 1.165) is 0 Å². The van der Waals surface area contributed by atoms with Crippen LogP contribution in [-0.4, -0.2) is 23.3 Å². The van der Waals surface area contributed by atoms with Crippen LogP contribution >= 0.6 is 0 Å². The molecular formula is C12H15FO3. The van der Waals surface area contributed by atoms with Crippen molar-refractivity contribution in [3.8, 4) is 0 Å².